The number of nitrogens with one attached hydrogen (secondary N) is 1. The van der Waals surface area contributed by atoms with Crippen LogP contribution in [-0.4, -0.2) is 21.2 Å². The highest BCUT2D eigenvalue weighted by atomic mass is 32.2. The van der Waals surface area contributed by atoms with Crippen LogP contribution in [-0.2, 0) is 16.3 Å². The van der Waals surface area contributed by atoms with Gasteiger partial charge in [0.25, 0.3) is 0 Å². The number of benzene rings is 2. The number of likely N-dealkylation sites (N-methyl/N-ethyl adjacent to an activating group) is 1. The van der Waals surface area contributed by atoms with Gasteiger partial charge < -0.3 is 5.32 Å². The predicted molar refractivity (Wildman–Crippen MR) is 86.1 cm³/mol. The first-order valence-corrected chi connectivity index (χ1v) is 8.97. The Hall–Kier alpha value is -1.65. The lowest BCUT2D eigenvalue weighted by Gasteiger charge is -2.19. The van der Waals surface area contributed by atoms with E-state index in [0.29, 0.717) is 4.90 Å². The van der Waals surface area contributed by atoms with Gasteiger partial charge in [0.05, 0.1) is 4.90 Å². The standard InChI is InChI=1S/C17H21NO2S/c1-3-18-17(13-14-7-5-4-6-8-14)15-9-11-16(12-10-15)21(2,19)20/h4-12,17-18H,3,13H2,1-2H3. The van der Waals surface area contributed by atoms with Gasteiger partial charge in [-0.15, -0.1) is 0 Å². The maximum absolute atomic E-state index is 11.5. The molecule has 0 bridgehead atoms. The molecule has 0 radical (unpaired) electrons. The maximum Gasteiger partial charge on any atom is 0.175 e. The molecule has 0 aliphatic heterocycles. The van der Waals surface area contributed by atoms with Gasteiger partial charge >= 0.3 is 0 Å². The van der Waals surface area contributed by atoms with Gasteiger partial charge in [0, 0.05) is 12.3 Å². The third-order valence-electron chi connectivity index (χ3n) is 3.44. The van der Waals surface area contributed by atoms with Crippen LogP contribution < -0.4 is 5.32 Å². The molecule has 112 valence electrons. The summed E-state index contributed by atoms with van der Waals surface area (Å²) in [4.78, 5) is 0.362. The third-order valence-corrected chi connectivity index (χ3v) is 4.57. The number of hydrogen-bond acceptors (Lipinski definition) is 3. The van der Waals surface area contributed by atoms with Crippen molar-refractivity contribution in [2.45, 2.75) is 24.3 Å². The highest BCUT2D eigenvalue weighted by molar-refractivity contribution is 7.90. The fraction of sp³-hybridized carbons (Fsp3) is 0.294. The minimum absolute atomic E-state index is 0.186. The Morgan fingerprint density at radius 3 is 2.14 bits per heavy atom. The molecule has 0 spiro atoms. The fourth-order valence-corrected chi connectivity index (χ4v) is 2.98. The topological polar surface area (TPSA) is 46.2 Å². The molecule has 0 saturated carbocycles. The Bertz CT molecular complexity index is 664. The zero-order valence-corrected chi connectivity index (χ0v) is 13.2. The van der Waals surface area contributed by atoms with Crippen molar-refractivity contribution in [1.82, 2.24) is 5.32 Å². The van der Waals surface area contributed by atoms with E-state index in [4.69, 9.17) is 0 Å². The summed E-state index contributed by atoms with van der Waals surface area (Å²) in [5, 5.41) is 3.46. The highest BCUT2D eigenvalue weighted by Gasteiger charge is 2.13. The molecule has 0 aliphatic rings. The van der Waals surface area contributed by atoms with E-state index in [1.807, 2.05) is 30.3 Å². The lowest BCUT2D eigenvalue weighted by molar-refractivity contribution is 0.549. The van der Waals surface area contributed by atoms with Crippen LogP contribution in [0.25, 0.3) is 0 Å². The van der Waals surface area contributed by atoms with E-state index in [0.717, 1.165) is 18.5 Å². The normalized spacial score (nSPS) is 13.0. The summed E-state index contributed by atoms with van der Waals surface area (Å²) in [6.45, 7) is 2.94. The van der Waals surface area contributed by atoms with Crippen LogP contribution in [0.2, 0.25) is 0 Å². The van der Waals surface area contributed by atoms with Gasteiger partial charge in [-0.3, -0.25) is 0 Å². The van der Waals surface area contributed by atoms with E-state index < -0.39 is 9.84 Å². The maximum atomic E-state index is 11.5. The first-order chi connectivity index (χ1) is 10.0. The van der Waals surface area contributed by atoms with Crippen molar-refractivity contribution in [3.63, 3.8) is 0 Å². The Labute approximate surface area is 126 Å². The summed E-state index contributed by atoms with van der Waals surface area (Å²) in [5.74, 6) is 0. The van der Waals surface area contributed by atoms with Gasteiger partial charge in [0.2, 0.25) is 0 Å². The van der Waals surface area contributed by atoms with E-state index in [1.54, 1.807) is 12.1 Å². The average Bonchev–Trinajstić information content (AvgIpc) is 2.47. The Morgan fingerprint density at radius 2 is 1.62 bits per heavy atom. The highest BCUT2D eigenvalue weighted by Crippen LogP contribution is 2.20. The quantitative estimate of drug-likeness (QED) is 0.892. The van der Waals surface area contributed by atoms with Gasteiger partial charge in [-0.05, 0) is 36.2 Å². The third kappa shape index (κ3) is 4.41. The van der Waals surface area contributed by atoms with Crippen molar-refractivity contribution in [1.29, 1.82) is 0 Å². The number of hydrogen-bond donors (Lipinski definition) is 1. The molecule has 1 atom stereocenters. The lowest BCUT2D eigenvalue weighted by Crippen LogP contribution is -2.23. The summed E-state index contributed by atoms with van der Waals surface area (Å²) in [6, 6.07) is 17.6. The molecule has 2 aromatic rings. The van der Waals surface area contributed by atoms with Crippen LogP contribution in [0.3, 0.4) is 0 Å². The van der Waals surface area contributed by atoms with Gasteiger partial charge in [-0.1, -0.05) is 49.4 Å². The Kier molecular flexibility index (Phi) is 5.15. The molecule has 2 rings (SSSR count). The van der Waals surface area contributed by atoms with Gasteiger partial charge in [0.1, 0.15) is 0 Å². The minimum atomic E-state index is -3.14. The number of rotatable bonds is 6. The predicted octanol–water partition coefficient (Wildman–Crippen LogP) is 2.98. The molecule has 3 nitrogen and oxygen atoms in total. The molecule has 2 aromatic carbocycles. The summed E-state index contributed by atoms with van der Waals surface area (Å²) in [7, 11) is -3.14. The van der Waals surface area contributed by atoms with Crippen LogP contribution in [0.1, 0.15) is 24.1 Å². The number of sulfone groups is 1. The van der Waals surface area contributed by atoms with Crippen molar-refractivity contribution < 1.29 is 8.42 Å². The van der Waals surface area contributed by atoms with Crippen molar-refractivity contribution in [2.75, 3.05) is 12.8 Å². The Morgan fingerprint density at radius 1 is 1.00 bits per heavy atom. The van der Waals surface area contributed by atoms with Crippen molar-refractivity contribution >= 4 is 9.84 Å². The van der Waals surface area contributed by atoms with Crippen LogP contribution in [0.5, 0.6) is 0 Å². The van der Waals surface area contributed by atoms with Gasteiger partial charge in [0.15, 0.2) is 9.84 Å². The van der Waals surface area contributed by atoms with E-state index in [9.17, 15) is 8.42 Å². The van der Waals surface area contributed by atoms with Gasteiger partial charge in [-0.2, -0.15) is 0 Å². The molecule has 0 aromatic heterocycles. The lowest BCUT2D eigenvalue weighted by atomic mass is 9.99. The van der Waals surface area contributed by atoms with Crippen molar-refractivity contribution in [2.24, 2.45) is 0 Å². The molecule has 0 heterocycles. The molecule has 4 heteroatoms. The monoisotopic (exact) mass is 303 g/mol. The average molecular weight is 303 g/mol. The second-order valence-corrected chi connectivity index (χ2v) is 7.16. The first-order valence-electron chi connectivity index (χ1n) is 7.08. The fourth-order valence-electron chi connectivity index (χ4n) is 2.35. The molecule has 0 amide bonds. The molecule has 0 fully saturated rings. The Balaban J connectivity index is 2.22. The largest absolute Gasteiger partial charge is 0.310 e. The van der Waals surface area contributed by atoms with Crippen LogP contribution in [0, 0.1) is 0 Å². The second-order valence-electron chi connectivity index (χ2n) is 5.14. The minimum Gasteiger partial charge on any atom is -0.310 e. The summed E-state index contributed by atoms with van der Waals surface area (Å²) >= 11 is 0. The molecule has 1 unspecified atom stereocenters. The SMILES string of the molecule is CCNC(Cc1ccccc1)c1ccc(S(C)(=O)=O)cc1. The van der Waals surface area contributed by atoms with Crippen LogP contribution in [0.15, 0.2) is 59.5 Å². The summed E-state index contributed by atoms with van der Waals surface area (Å²) < 4.78 is 23.0. The second kappa shape index (κ2) is 6.87. The van der Waals surface area contributed by atoms with Crippen LogP contribution >= 0.6 is 0 Å². The van der Waals surface area contributed by atoms with E-state index in [2.05, 4.69) is 24.4 Å². The van der Waals surface area contributed by atoms with Crippen molar-refractivity contribution in [3.8, 4) is 0 Å². The zero-order valence-electron chi connectivity index (χ0n) is 12.4. The van der Waals surface area contributed by atoms with E-state index in [1.165, 1.54) is 11.8 Å². The van der Waals surface area contributed by atoms with E-state index >= 15 is 0 Å². The van der Waals surface area contributed by atoms with Gasteiger partial charge in [-0.25, -0.2) is 8.42 Å². The molecule has 1 N–H and O–H groups in total. The molecular weight excluding hydrogens is 282 g/mol. The van der Waals surface area contributed by atoms with E-state index in [-0.39, 0.29) is 6.04 Å². The summed E-state index contributed by atoms with van der Waals surface area (Å²) in [6.07, 6.45) is 2.11. The molecule has 0 saturated heterocycles. The first kappa shape index (κ1) is 15.7. The molecular formula is C17H21NO2S. The molecule has 0 aliphatic carbocycles. The van der Waals surface area contributed by atoms with Crippen LogP contribution in [0.4, 0.5) is 0 Å². The smallest absolute Gasteiger partial charge is 0.175 e. The zero-order chi connectivity index (χ0) is 15.3. The molecule has 21 heavy (non-hydrogen) atoms. The van der Waals surface area contributed by atoms with Crippen molar-refractivity contribution in [3.05, 3.63) is 65.7 Å². The summed E-state index contributed by atoms with van der Waals surface area (Å²) in [5.41, 5.74) is 2.36.